The van der Waals surface area contributed by atoms with Crippen LogP contribution in [-0.2, 0) is 10.3 Å². The van der Waals surface area contributed by atoms with Gasteiger partial charge in [-0.3, -0.25) is 9.69 Å². The molecular formula is C22H19BrN2OS. The fourth-order valence-corrected chi connectivity index (χ4v) is 4.45. The van der Waals surface area contributed by atoms with Gasteiger partial charge >= 0.3 is 0 Å². The molecular weight excluding hydrogens is 420 g/mol. The number of halogens is 1. The first kappa shape index (κ1) is 18.1. The van der Waals surface area contributed by atoms with Gasteiger partial charge in [-0.2, -0.15) is 0 Å². The quantitative estimate of drug-likeness (QED) is 0.494. The van der Waals surface area contributed by atoms with Gasteiger partial charge in [-0.15, -0.1) is 11.3 Å². The fraction of sp³-hybridized carbons (Fsp3) is 0.182. The molecule has 1 amide bonds. The third kappa shape index (κ3) is 3.15. The normalized spacial score (nSPS) is 15.8. The van der Waals surface area contributed by atoms with Gasteiger partial charge in [-0.25, -0.2) is 4.99 Å². The van der Waals surface area contributed by atoms with E-state index < -0.39 is 5.54 Å². The highest BCUT2D eigenvalue weighted by Gasteiger charge is 2.51. The molecule has 0 aliphatic carbocycles. The molecule has 0 atom stereocenters. The number of thiophene rings is 1. The van der Waals surface area contributed by atoms with Crippen LogP contribution in [0.15, 0.2) is 83.2 Å². The van der Waals surface area contributed by atoms with Gasteiger partial charge in [0.1, 0.15) is 5.84 Å². The lowest BCUT2D eigenvalue weighted by Gasteiger charge is -2.27. The monoisotopic (exact) mass is 438 g/mol. The molecule has 4 rings (SSSR count). The van der Waals surface area contributed by atoms with Gasteiger partial charge in [0.05, 0.1) is 4.88 Å². The third-order valence-corrected chi connectivity index (χ3v) is 6.15. The molecule has 0 unspecified atom stereocenters. The van der Waals surface area contributed by atoms with Crippen LogP contribution in [0.5, 0.6) is 0 Å². The number of alkyl halides is 1. The van der Waals surface area contributed by atoms with Crippen molar-refractivity contribution in [2.45, 2.75) is 12.0 Å². The molecule has 5 heteroatoms. The van der Waals surface area contributed by atoms with Gasteiger partial charge in [-0.05, 0) is 29.0 Å². The maximum Gasteiger partial charge on any atom is 0.265 e. The summed E-state index contributed by atoms with van der Waals surface area (Å²) >= 11 is 5.10. The zero-order valence-electron chi connectivity index (χ0n) is 14.7. The zero-order chi connectivity index (χ0) is 18.7. The molecule has 2 heterocycles. The van der Waals surface area contributed by atoms with E-state index in [0.717, 1.165) is 33.6 Å². The van der Waals surface area contributed by atoms with Crippen LogP contribution in [0.1, 0.15) is 22.4 Å². The number of aliphatic imine (C=N–C) groups is 1. The molecule has 1 aliphatic rings. The number of hydrogen-bond acceptors (Lipinski definition) is 3. The highest BCUT2D eigenvalue weighted by Crippen LogP contribution is 2.41. The average molecular weight is 439 g/mol. The van der Waals surface area contributed by atoms with Crippen molar-refractivity contribution in [2.24, 2.45) is 4.99 Å². The molecule has 0 saturated carbocycles. The minimum absolute atomic E-state index is 0.0178. The molecule has 27 heavy (non-hydrogen) atoms. The van der Waals surface area contributed by atoms with Crippen molar-refractivity contribution in [3.63, 3.8) is 0 Å². The maximum atomic E-state index is 13.8. The topological polar surface area (TPSA) is 32.7 Å². The molecule has 3 aromatic rings. The molecule has 0 radical (unpaired) electrons. The molecule has 136 valence electrons. The number of amides is 1. The molecule has 1 aliphatic heterocycles. The summed E-state index contributed by atoms with van der Waals surface area (Å²) < 4.78 is 0. The van der Waals surface area contributed by atoms with Crippen molar-refractivity contribution in [1.82, 2.24) is 4.90 Å². The van der Waals surface area contributed by atoms with E-state index in [1.54, 1.807) is 11.3 Å². The van der Waals surface area contributed by atoms with E-state index in [9.17, 15) is 4.79 Å². The van der Waals surface area contributed by atoms with Crippen molar-refractivity contribution in [1.29, 1.82) is 0 Å². The Morgan fingerprint density at radius 3 is 2.07 bits per heavy atom. The Labute approximate surface area is 171 Å². The van der Waals surface area contributed by atoms with Gasteiger partial charge in [-0.1, -0.05) is 82.7 Å². The van der Waals surface area contributed by atoms with E-state index in [-0.39, 0.29) is 5.91 Å². The predicted molar refractivity (Wildman–Crippen MR) is 115 cm³/mol. The molecule has 0 N–H and O–H groups in total. The van der Waals surface area contributed by atoms with Crippen molar-refractivity contribution in [3.05, 3.63) is 94.2 Å². The Bertz CT molecular complexity index is 899. The molecule has 1 aromatic heterocycles. The van der Waals surface area contributed by atoms with Crippen LogP contribution in [0.2, 0.25) is 0 Å². The van der Waals surface area contributed by atoms with Gasteiger partial charge in [0.2, 0.25) is 0 Å². The van der Waals surface area contributed by atoms with Crippen LogP contribution >= 0.6 is 27.3 Å². The van der Waals surface area contributed by atoms with E-state index in [0.29, 0.717) is 6.54 Å². The Kier molecular flexibility index (Phi) is 5.23. The average Bonchev–Trinajstić information content (AvgIpc) is 3.35. The predicted octanol–water partition coefficient (Wildman–Crippen LogP) is 5.07. The molecule has 2 aromatic carbocycles. The first-order valence-corrected chi connectivity index (χ1v) is 10.9. The lowest BCUT2D eigenvalue weighted by molar-refractivity contribution is -0.130. The summed E-state index contributed by atoms with van der Waals surface area (Å²) in [4.78, 5) is 21.8. The van der Waals surface area contributed by atoms with Crippen molar-refractivity contribution < 1.29 is 4.79 Å². The Hall–Kier alpha value is -2.24. The van der Waals surface area contributed by atoms with E-state index in [1.807, 2.05) is 83.1 Å². The van der Waals surface area contributed by atoms with Crippen LogP contribution in [-0.4, -0.2) is 28.5 Å². The van der Waals surface area contributed by atoms with Gasteiger partial charge in [0, 0.05) is 11.9 Å². The third-order valence-electron chi connectivity index (χ3n) is 4.72. The lowest BCUT2D eigenvalue weighted by atomic mass is 9.83. The van der Waals surface area contributed by atoms with Gasteiger partial charge in [0.15, 0.2) is 5.54 Å². The minimum atomic E-state index is -1.03. The highest BCUT2D eigenvalue weighted by atomic mass is 79.9. The van der Waals surface area contributed by atoms with Crippen LogP contribution < -0.4 is 0 Å². The summed E-state index contributed by atoms with van der Waals surface area (Å²) in [6, 6.07) is 23.8. The van der Waals surface area contributed by atoms with E-state index in [2.05, 4.69) is 15.9 Å². The van der Waals surface area contributed by atoms with E-state index in [1.165, 1.54) is 0 Å². The van der Waals surface area contributed by atoms with Crippen molar-refractivity contribution in [3.8, 4) is 0 Å². The second kappa shape index (κ2) is 7.79. The number of benzene rings is 2. The van der Waals surface area contributed by atoms with Crippen LogP contribution in [0, 0.1) is 0 Å². The van der Waals surface area contributed by atoms with Crippen LogP contribution in [0.4, 0.5) is 0 Å². The number of carbonyl (C=O) groups is 1. The lowest BCUT2D eigenvalue weighted by Crippen LogP contribution is -2.42. The SMILES string of the molecule is O=C1N(CCCBr)C(c2cccs2)=NC1(c1ccccc1)c1ccccc1. The molecule has 3 nitrogen and oxygen atoms in total. The van der Waals surface area contributed by atoms with E-state index >= 15 is 0 Å². The summed E-state index contributed by atoms with van der Waals surface area (Å²) in [5, 5.41) is 2.87. The zero-order valence-corrected chi connectivity index (χ0v) is 17.1. The summed E-state index contributed by atoms with van der Waals surface area (Å²) in [6.45, 7) is 0.641. The van der Waals surface area contributed by atoms with E-state index in [4.69, 9.17) is 4.99 Å². The summed E-state index contributed by atoms with van der Waals surface area (Å²) in [5.74, 6) is 0.785. The number of carbonyl (C=O) groups excluding carboxylic acids is 1. The van der Waals surface area contributed by atoms with Crippen LogP contribution in [0.3, 0.4) is 0 Å². The number of amidine groups is 1. The summed E-state index contributed by atoms with van der Waals surface area (Å²) in [7, 11) is 0. The second-order valence-electron chi connectivity index (χ2n) is 6.35. The molecule has 0 saturated heterocycles. The summed E-state index contributed by atoms with van der Waals surface area (Å²) in [6.07, 6.45) is 0.871. The van der Waals surface area contributed by atoms with Gasteiger partial charge in [0.25, 0.3) is 5.91 Å². The molecule has 0 bridgehead atoms. The Balaban J connectivity index is 1.94. The van der Waals surface area contributed by atoms with Crippen molar-refractivity contribution >= 4 is 39.0 Å². The molecule has 0 fully saturated rings. The number of nitrogens with zero attached hydrogens (tertiary/aromatic N) is 2. The Morgan fingerprint density at radius 2 is 1.56 bits per heavy atom. The smallest absolute Gasteiger partial charge is 0.265 e. The standard InChI is InChI=1S/C22H19BrN2OS/c23-14-8-15-25-20(19-13-7-16-27-19)24-22(21(25)26,17-9-3-1-4-10-17)18-11-5-2-6-12-18/h1-7,9-13,16H,8,14-15H2. The van der Waals surface area contributed by atoms with Crippen LogP contribution in [0.25, 0.3) is 0 Å². The minimum Gasteiger partial charge on any atom is -0.293 e. The van der Waals surface area contributed by atoms with Crippen molar-refractivity contribution in [2.75, 3.05) is 11.9 Å². The first-order valence-electron chi connectivity index (χ1n) is 8.90. The largest absolute Gasteiger partial charge is 0.293 e. The Morgan fingerprint density at radius 1 is 0.926 bits per heavy atom. The fourth-order valence-electron chi connectivity index (χ4n) is 3.48. The highest BCUT2D eigenvalue weighted by molar-refractivity contribution is 9.09. The molecule has 0 spiro atoms. The number of hydrogen-bond donors (Lipinski definition) is 0. The second-order valence-corrected chi connectivity index (χ2v) is 8.10. The first-order chi connectivity index (χ1) is 13.3. The number of rotatable bonds is 6. The maximum absolute atomic E-state index is 13.8. The van der Waals surface area contributed by atoms with Gasteiger partial charge < -0.3 is 0 Å². The summed E-state index contributed by atoms with van der Waals surface area (Å²) in [5.41, 5.74) is 0.766.